The van der Waals surface area contributed by atoms with Gasteiger partial charge in [0.05, 0.1) is 25.0 Å². The van der Waals surface area contributed by atoms with Crippen LogP contribution in [0, 0.1) is 0 Å². The van der Waals surface area contributed by atoms with Gasteiger partial charge in [0.15, 0.2) is 5.65 Å². The van der Waals surface area contributed by atoms with E-state index in [1.54, 1.807) is 25.4 Å². The van der Waals surface area contributed by atoms with Crippen LogP contribution in [0.15, 0.2) is 42.6 Å². The van der Waals surface area contributed by atoms with E-state index in [0.29, 0.717) is 30.7 Å². The summed E-state index contributed by atoms with van der Waals surface area (Å²) in [5.74, 6) is 1.56. The molecule has 0 bridgehead atoms. The predicted octanol–water partition coefficient (Wildman–Crippen LogP) is 1.72. The molecule has 9 nitrogen and oxygen atoms in total. The smallest absolute Gasteiger partial charge is 0.254 e. The van der Waals surface area contributed by atoms with Crippen LogP contribution in [0.25, 0.3) is 17.0 Å². The molecule has 3 aromatic heterocycles. The van der Waals surface area contributed by atoms with Crippen LogP contribution in [0.1, 0.15) is 21.7 Å². The average Bonchev–Trinajstić information content (AvgIpc) is 3.38. The van der Waals surface area contributed by atoms with Crippen molar-refractivity contribution in [1.82, 2.24) is 34.9 Å². The molecule has 0 saturated heterocycles. The number of carbonyl (C=O) groups is 1. The molecule has 0 unspecified atom stereocenters. The first kappa shape index (κ1) is 16.4. The van der Waals surface area contributed by atoms with E-state index in [0.717, 1.165) is 28.5 Å². The molecule has 1 amide bonds. The molecular weight excluding hydrogens is 358 g/mol. The Hall–Kier alpha value is -3.75. The number of rotatable bonds is 3. The van der Waals surface area contributed by atoms with Gasteiger partial charge in [-0.05, 0) is 46.8 Å². The SMILES string of the molecule is COc1ccc(-c2nc3c([nH]2)CN(C(=O)c2ccn4nnnc4c2)CC3)cc1. The molecular formula is C19H17N7O2. The summed E-state index contributed by atoms with van der Waals surface area (Å²) < 4.78 is 6.73. The van der Waals surface area contributed by atoms with Gasteiger partial charge in [-0.2, -0.15) is 0 Å². The van der Waals surface area contributed by atoms with Gasteiger partial charge in [-0.3, -0.25) is 4.79 Å². The summed E-state index contributed by atoms with van der Waals surface area (Å²) in [6, 6.07) is 11.2. The third-order valence-electron chi connectivity index (χ3n) is 4.93. The highest BCUT2D eigenvalue weighted by molar-refractivity contribution is 5.95. The van der Waals surface area contributed by atoms with Gasteiger partial charge in [-0.15, -0.1) is 5.10 Å². The molecule has 0 radical (unpaired) electrons. The van der Waals surface area contributed by atoms with E-state index in [-0.39, 0.29) is 5.91 Å². The van der Waals surface area contributed by atoms with E-state index in [4.69, 9.17) is 9.72 Å². The van der Waals surface area contributed by atoms with Gasteiger partial charge in [0.2, 0.25) is 0 Å². The van der Waals surface area contributed by atoms with Crippen molar-refractivity contribution in [2.75, 3.05) is 13.7 Å². The van der Waals surface area contributed by atoms with Crippen LogP contribution in [-0.4, -0.2) is 54.5 Å². The average molecular weight is 375 g/mol. The maximum Gasteiger partial charge on any atom is 0.254 e. The number of imidazole rings is 1. The summed E-state index contributed by atoms with van der Waals surface area (Å²) in [4.78, 5) is 22.8. The van der Waals surface area contributed by atoms with Gasteiger partial charge >= 0.3 is 0 Å². The molecule has 0 spiro atoms. The third kappa shape index (κ3) is 2.77. The topological polar surface area (TPSA) is 101 Å². The summed E-state index contributed by atoms with van der Waals surface area (Å²) in [6.45, 7) is 1.11. The van der Waals surface area contributed by atoms with Crippen LogP contribution in [0.3, 0.4) is 0 Å². The van der Waals surface area contributed by atoms with Crippen molar-refractivity contribution in [3.05, 3.63) is 59.5 Å². The summed E-state index contributed by atoms with van der Waals surface area (Å²) >= 11 is 0. The van der Waals surface area contributed by atoms with E-state index in [2.05, 4.69) is 20.5 Å². The Morgan fingerprint density at radius 1 is 1.21 bits per heavy atom. The molecule has 28 heavy (non-hydrogen) atoms. The van der Waals surface area contributed by atoms with Crippen LogP contribution >= 0.6 is 0 Å². The van der Waals surface area contributed by atoms with Crippen molar-refractivity contribution in [3.63, 3.8) is 0 Å². The maximum atomic E-state index is 12.9. The molecule has 0 fully saturated rings. The van der Waals surface area contributed by atoms with Crippen molar-refractivity contribution < 1.29 is 9.53 Å². The van der Waals surface area contributed by atoms with Crippen LogP contribution in [0.4, 0.5) is 0 Å². The number of hydrogen-bond donors (Lipinski definition) is 1. The van der Waals surface area contributed by atoms with Gasteiger partial charge < -0.3 is 14.6 Å². The Morgan fingerprint density at radius 2 is 2.07 bits per heavy atom. The number of ether oxygens (including phenoxy) is 1. The summed E-state index contributed by atoms with van der Waals surface area (Å²) in [5, 5.41) is 11.3. The molecule has 0 atom stereocenters. The number of aromatic nitrogens is 6. The molecule has 9 heteroatoms. The van der Waals surface area contributed by atoms with E-state index in [9.17, 15) is 4.79 Å². The summed E-state index contributed by atoms with van der Waals surface area (Å²) in [5.41, 5.74) is 4.08. The molecule has 140 valence electrons. The number of H-pyrrole nitrogens is 1. The lowest BCUT2D eigenvalue weighted by atomic mass is 10.1. The van der Waals surface area contributed by atoms with E-state index in [1.165, 1.54) is 4.52 Å². The third-order valence-corrected chi connectivity index (χ3v) is 4.93. The number of benzene rings is 1. The van der Waals surface area contributed by atoms with E-state index >= 15 is 0 Å². The number of pyridine rings is 1. The van der Waals surface area contributed by atoms with Crippen molar-refractivity contribution in [2.24, 2.45) is 0 Å². The quantitative estimate of drug-likeness (QED) is 0.585. The number of methoxy groups -OCH3 is 1. The number of nitrogens with one attached hydrogen (secondary N) is 1. The first-order valence-electron chi connectivity index (χ1n) is 8.90. The van der Waals surface area contributed by atoms with Gasteiger partial charge in [0.1, 0.15) is 11.6 Å². The van der Waals surface area contributed by atoms with Gasteiger partial charge in [-0.25, -0.2) is 9.50 Å². The van der Waals surface area contributed by atoms with E-state index in [1.807, 2.05) is 29.2 Å². The molecule has 1 aromatic carbocycles. The molecule has 1 aliphatic heterocycles. The first-order chi connectivity index (χ1) is 13.7. The van der Waals surface area contributed by atoms with Gasteiger partial charge in [0, 0.05) is 30.3 Å². The van der Waals surface area contributed by atoms with Crippen LogP contribution in [-0.2, 0) is 13.0 Å². The minimum absolute atomic E-state index is 0.0447. The molecule has 0 aliphatic carbocycles. The number of fused-ring (bicyclic) bond motifs is 2. The summed E-state index contributed by atoms with van der Waals surface area (Å²) in [7, 11) is 1.64. The highest BCUT2D eigenvalue weighted by Gasteiger charge is 2.25. The van der Waals surface area contributed by atoms with Crippen molar-refractivity contribution in [2.45, 2.75) is 13.0 Å². The zero-order chi connectivity index (χ0) is 19.1. The molecule has 1 N–H and O–H groups in total. The molecule has 1 aliphatic rings. The highest BCUT2D eigenvalue weighted by atomic mass is 16.5. The number of amides is 1. The lowest BCUT2D eigenvalue weighted by Crippen LogP contribution is -2.36. The van der Waals surface area contributed by atoms with Gasteiger partial charge in [0.25, 0.3) is 5.91 Å². The largest absolute Gasteiger partial charge is 0.497 e. The number of aromatic amines is 1. The molecule has 4 heterocycles. The summed E-state index contributed by atoms with van der Waals surface area (Å²) in [6.07, 6.45) is 2.40. The Labute approximate surface area is 160 Å². The van der Waals surface area contributed by atoms with Crippen LogP contribution in [0.5, 0.6) is 5.75 Å². The standard InChI is InChI=1S/C19H17N7O2/c1-28-14-4-2-12(3-5-14)18-20-15-7-8-25(11-16(15)21-18)19(27)13-6-9-26-17(10-13)22-23-24-26/h2-6,9-10H,7-8,11H2,1H3,(H,20,21). The molecule has 4 aromatic rings. The fourth-order valence-electron chi connectivity index (χ4n) is 3.41. The zero-order valence-corrected chi connectivity index (χ0v) is 15.2. The Kier molecular flexibility index (Phi) is 3.78. The first-order valence-corrected chi connectivity index (χ1v) is 8.90. The Bertz CT molecular complexity index is 1160. The lowest BCUT2D eigenvalue weighted by Gasteiger charge is -2.26. The fraction of sp³-hybridized carbons (Fsp3) is 0.211. The second kappa shape index (κ2) is 6.45. The molecule has 0 saturated carbocycles. The minimum atomic E-state index is -0.0447. The van der Waals surface area contributed by atoms with E-state index < -0.39 is 0 Å². The van der Waals surface area contributed by atoms with Crippen molar-refractivity contribution in [1.29, 1.82) is 0 Å². The maximum absolute atomic E-state index is 12.9. The Balaban J connectivity index is 1.38. The second-order valence-electron chi connectivity index (χ2n) is 6.61. The number of carbonyl (C=O) groups excluding carboxylic acids is 1. The minimum Gasteiger partial charge on any atom is -0.497 e. The number of tetrazole rings is 1. The Morgan fingerprint density at radius 3 is 2.89 bits per heavy atom. The van der Waals surface area contributed by atoms with Crippen LogP contribution in [0.2, 0.25) is 0 Å². The number of nitrogens with zero attached hydrogens (tertiary/aromatic N) is 6. The lowest BCUT2D eigenvalue weighted by molar-refractivity contribution is 0.0732. The predicted molar refractivity (Wildman–Crippen MR) is 99.8 cm³/mol. The monoisotopic (exact) mass is 375 g/mol. The van der Waals surface area contributed by atoms with Crippen molar-refractivity contribution >= 4 is 11.6 Å². The zero-order valence-electron chi connectivity index (χ0n) is 15.2. The van der Waals surface area contributed by atoms with Gasteiger partial charge in [-0.1, -0.05) is 0 Å². The number of hydrogen-bond acceptors (Lipinski definition) is 6. The normalized spacial score (nSPS) is 13.5. The highest BCUT2D eigenvalue weighted by Crippen LogP contribution is 2.25. The fourth-order valence-corrected chi connectivity index (χ4v) is 3.41. The molecule has 5 rings (SSSR count). The van der Waals surface area contributed by atoms with Crippen molar-refractivity contribution in [3.8, 4) is 17.1 Å². The van der Waals surface area contributed by atoms with Crippen LogP contribution < -0.4 is 4.74 Å². The second-order valence-corrected chi connectivity index (χ2v) is 6.61.